The summed E-state index contributed by atoms with van der Waals surface area (Å²) in [7, 11) is 0. The first kappa shape index (κ1) is 19.5. The van der Waals surface area contributed by atoms with Crippen LogP contribution < -0.4 is 10.2 Å². The van der Waals surface area contributed by atoms with E-state index in [-0.39, 0.29) is 12.5 Å². The van der Waals surface area contributed by atoms with Gasteiger partial charge in [0, 0.05) is 25.2 Å². The Labute approximate surface area is 164 Å². The number of nitrogens with one attached hydrogen (secondary N) is 1. The molecular formula is C21H22N4O3. The first-order valence-electron chi connectivity index (χ1n) is 9.07. The molecule has 2 aromatic rings. The molecule has 0 bridgehead atoms. The zero-order valence-electron chi connectivity index (χ0n) is 15.5. The number of amides is 1. The molecule has 1 amide bonds. The fourth-order valence-corrected chi connectivity index (χ4v) is 2.77. The molecule has 28 heavy (non-hydrogen) atoms. The number of hydrogen-bond acceptors (Lipinski definition) is 6. The molecule has 0 saturated carbocycles. The van der Waals surface area contributed by atoms with Crippen LogP contribution in [0, 0.1) is 11.3 Å². The highest BCUT2D eigenvalue weighted by molar-refractivity contribution is 5.94. The fraction of sp³-hybridized carbons (Fsp3) is 0.286. The van der Waals surface area contributed by atoms with Crippen LogP contribution in [0.2, 0.25) is 0 Å². The monoisotopic (exact) mass is 378 g/mol. The lowest BCUT2D eigenvalue weighted by Gasteiger charge is -2.26. The van der Waals surface area contributed by atoms with Gasteiger partial charge < -0.3 is 9.47 Å². The van der Waals surface area contributed by atoms with E-state index in [1.54, 1.807) is 30.5 Å². The SMILES string of the molecule is N#CCOc1ccc(/C=N/NC(=O)c2ccc(CN3CCOCC3)cc2)cc1. The normalized spacial score (nSPS) is 14.5. The van der Waals surface area contributed by atoms with E-state index in [1.165, 1.54) is 5.56 Å². The van der Waals surface area contributed by atoms with Crippen molar-refractivity contribution in [2.45, 2.75) is 6.54 Å². The van der Waals surface area contributed by atoms with Gasteiger partial charge in [-0.05, 0) is 47.5 Å². The summed E-state index contributed by atoms with van der Waals surface area (Å²) in [6.07, 6.45) is 1.55. The Balaban J connectivity index is 1.48. The summed E-state index contributed by atoms with van der Waals surface area (Å²) in [4.78, 5) is 14.5. The van der Waals surface area contributed by atoms with Gasteiger partial charge in [-0.1, -0.05) is 12.1 Å². The molecule has 7 nitrogen and oxygen atoms in total. The second-order valence-electron chi connectivity index (χ2n) is 6.30. The van der Waals surface area contributed by atoms with Gasteiger partial charge in [0.25, 0.3) is 5.91 Å². The third-order valence-electron chi connectivity index (χ3n) is 4.29. The Kier molecular flexibility index (Phi) is 7.13. The van der Waals surface area contributed by atoms with E-state index in [1.807, 2.05) is 30.3 Å². The Morgan fingerprint density at radius 3 is 2.57 bits per heavy atom. The Hall–Kier alpha value is -3.21. The van der Waals surface area contributed by atoms with Crippen LogP contribution in [0.5, 0.6) is 5.75 Å². The van der Waals surface area contributed by atoms with Gasteiger partial charge in [-0.3, -0.25) is 9.69 Å². The highest BCUT2D eigenvalue weighted by Gasteiger charge is 2.11. The number of carbonyl (C=O) groups is 1. The van der Waals surface area contributed by atoms with Crippen molar-refractivity contribution in [1.82, 2.24) is 10.3 Å². The van der Waals surface area contributed by atoms with Crippen molar-refractivity contribution < 1.29 is 14.3 Å². The molecule has 1 heterocycles. The summed E-state index contributed by atoms with van der Waals surface area (Å²) in [6.45, 7) is 4.28. The molecule has 2 aromatic carbocycles. The average molecular weight is 378 g/mol. The van der Waals surface area contributed by atoms with Crippen LogP contribution in [0.15, 0.2) is 53.6 Å². The fourth-order valence-electron chi connectivity index (χ4n) is 2.77. The van der Waals surface area contributed by atoms with Gasteiger partial charge in [0.2, 0.25) is 0 Å². The zero-order chi connectivity index (χ0) is 19.6. The minimum Gasteiger partial charge on any atom is -0.479 e. The maximum absolute atomic E-state index is 12.2. The molecule has 144 valence electrons. The van der Waals surface area contributed by atoms with Crippen LogP contribution in [0.3, 0.4) is 0 Å². The van der Waals surface area contributed by atoms with Gasteiger partial charge in [-0.2, -0.15) is 10.4 Å². The Bertz CT molecular complexity index is 835. The molecule has 1 saturated heterocycles. The lowest BCUT2D eigenvalue weighted by Crippen LogP contribution is -2.35. The molecule has 0 spiro atoms. The third kappa shape index (κ3) is 5.91. The molecule has 1 aliphatic rings. The van der Waals surface area contributed by atoms with Gasteiger partial charge >= 0.3 is 0 Å². The lowest BCUT2D eigenvalue weighted by atomic mass is 10.1. The van der Waals surface area contributed by atoms with Crippen molar-refractivity contribution in [3.8, 4) is 11.8 Å². The first-order chi connectivity index (χ1) is 13.7. The Morgan fingerprint density at radius 2 is 1.89 bits per heavy atom. The van der Waals surface area contributed by atoms with Crippen LogP contribution >= 0.6 is 0 Å². The smallest absolute Gasteiger partial charge is 0.271 e. The second-order valence-corrected chi connectivity index (χ2v) is 6.30. The number of nitriles is 1. The topological polar surface area (TPSA) is 86.9 Å². The van der Waals surface area contributed by atoms with Crippen LogP contribution in [-0.4, -0.2) is 49.9 Å². The minimum absolute atomic E-state index is 0.00866. The molecule has 0 atom stereocenters. The van der Waals surface area contributed by atoms with Crippen molar-refractivity contribution in [3.63, 3.8) is 0 Å². The summed E-state index contributed by atoms with van der Waals surface area (Å²) in [5, 5.41) is 12.5. The molecule has 1 fully saturated rings. The van der Waals surface area contributed by atoms with Gasteiger partial charge in [0.05, 0.1) is 19.4 Å². The first-order valence-corrected chi connectivity index (χ1v) is 9.07. The predicted octanol–water partition coefficient (Wildman–Crippen LogP) is 2.19. The number of ether oxygens (including phenoxy) is 2. The summed E-state index contributed by atoms with van der Waals surface area (Å²) in [5.41, 5.74) is 5.06. The molecule has 0 radical (unpaired) electrons. The van der Waals surface area contributed by atoms with Crippen molar-refractivity contribution in [1.29, 1.82) is 5.26 Å². The van der Waals surface area contributed by atoms with E-state index in [9.17, 15) is 4.79 Å². The summed E-state index contributed by atoms with van der Waals surface area (Å²) in [6, 6.07) is 16.5. The van der Waals surface area contributed by atoms with Crippen LogP contribution in [0.1, 0.15) is 21.5 Å². The maximum atomic E-state index is 12.2. The van der Waals surface area contributed by atoms with E-state index >= 15 is 0 Å². The highest BCUT2D eigenvalue weighted by Crippen LogP contribution is 2.11. The number of hydrogen-bond donors (Lipinski definition) is 1. The molecule has 0 unspecified atom stereocenters. The zero-order valence-corrected chi connectivity index (χ0v) is 15.5. The van der Waals surface area contributed by atoms with Crippen molar-refractivity contribution in [2.24, 2.45) is 5.10 Å². The molecule has 7 heteroatoms. The number of nitrogens with zero attached hydrogens (tertiary/aromatic N) is 3. The number of morpholine rings is 1. The van der Waals surface area contributed by atoms with Crippen molar-refractivity contribution in [2.75, 3.05) is 32.9 Å². The van der Waals surface area contributed by atoms with Crippen LogP contribution in [0.4, 0.5) is 0 Å². The number of hydrazone groups is 1. The van der Waals surface area contributed by atoms with Gasteiger partial charge in [-0.25, -0.2) is 5.43 Å². The van der Waals surface area contributed by atoms with Gasteiger partial charge in [-0.15, -0.1) is 0 Å². The van der Waals surface area contributed by atoms with Gasteiger partial charge in [0.15, 0.2) is 6.61 Å². The van der Waals surface area contributed by atoms with E-state index in [0.29, 0.717) is 11.3 Å². The maximum Gasteiger partial charge on any atom is 0.271 e. The molecule has 1 N–H and O–H groups in total. The van der Waals surface area contributed by atoms with E-state index in [4.69, 9.17) is 14.7 Å². The van der Waals surface area contributed by atoms with Crippen LogP contribution in [-0.2, 0) is 11.3 Å². The van der Waals surface area contributed by atoms with Crippen molar-refractivity contribution in [3.05, 3.63) is 65.2 Å². The third-order valence-corrected chi connectivity index (χ3v) is 4.29. The molecular weight excluding hydrogens is 356 g/mol. The summed E-state index contributed by atoms with van der Waals surface area (Å²) in [5.74, 6) is 0.350. The molecule has 1 aliphatic heterocycles. The molecule has 0 aromatic heterocycles. The number of carbonyl (C=O) groups excluding carboxylic acids is 1. The summed E-state index contributed by atoms with van der Waals surface area (Å²) < 4.78 is 10.5. The highest BCUT2D eigenvalue weighted by atomic mass is 16.5. The minimum atomic E-state index is -0.261. The molecule has 0 aliphatic carbocycles. The predicted molar refractivity (Wildman–Crippen MR) is 105 cm³/mol. The number of rotatable bonds is 7. The largest absolute Gasteiger partial charge is 0.479 e. The quantitative estimate of drug-likeness (QED) is 0.589. The Morgan fingerprint density at radius 1 is 1.18 bits per heavy atom. The summed E-state index contributed by atoms with van der Waals surface area (Å²) >= 11 is 0. The van der Waals surface area contributed by atoms with E-state index < -0.39 is 0 Å². The average Bonchev–Trinajstić information content (AvgIpc) is 2.74. The lowest BCUT2D eigenvalue weighted by molar-refractivity contribution is 0.0342. The number of benzene rings is 2. The van der Waals surface area contributed by atoms with E-state index in [0.717, 1.165) is 38.4 Å². The van der Waals surface area contributed by atoms with Crippen LogP contribution in [0.25, 0.3) is 0 Å². The second kappa shape index (κ2) is 10.2. The molecule has 3 rings (SSSR count). The van der Waals surface area contributed by atoms with Gasteiger partial charge in [0.1, 0.15) is 11.8 Å². The standard InChI is InChI=1S/C21H22N4O3/c22-9-12-28-20-7-3-17(4-8-20)15-23-24-21(26)19-5-1-18(2-6-19)16-25-10-13-27-14-11-25/h1-8,15H,10-14,16H2,(H,24,26)/b23-15+. The van der Waals surface area contributed by atoms with E-state index in [2.05, 4.69) is 15.4 Å². The van der Waals surface area contributed by atoms with Crippen molar-refractivity contribution >= 4 is 12.1 Å².